The molecule has 302 valence electrons. The Balaban J connectivity index is 0.807. The number of rotatable bonds is 9. The quantitative estimate of drug-likeness (QED) is 0.145. The van der Waals surface area contributed by atoms with Crippen LogP contribution in [0.25, 0.3) is 77.8 Å². The zero-order valence-corrected chi connectivity index (χ0v) is 34.5. The monoisotopic (exact) mass is 822 g/mol. The maximum Gasteiger partial charge on any atom is 0.227 e. The lowest BCUT2D eigenvalue weighted by Gasteiger charge is -2.26. The van der Waals surface area contributed by atoms with E-state index in [-0.39, 0.29) is 0 Å². The van der Waals surface area contributed by atoms with Crippen molar-refractivity contribution in [1.82, 2.24) is 9.97 Å². The second-order valence-corrected chi connectivity index (χ2v) is 15.9. The predicted octanol–water partition coefficient (Wildman–Crippen LogP) is 16.2. The van der Waals surface area contributed by atoms with Crippen LogP contribution in [0, 0.1) is 0 Å². The lowest BCUT2D eigenvalue weighted by Crippen LogP contribution is -2.09. The Morgan fingerprint density at radius 1 is 0.266 bits per heavy atom. The first kappa shape index (κ1) is 37.1. The van der Waals surface area contributed by atoms with Crippen LogP contribution in [0.4, 0.5) is 34.1 Å². The van der Waals surface area contributed by atoms with Crippen LogP contribution in [-0.4, -0.2) is 9.97 Å². The molecule has 12 aromatic rings. The first-order chi connectivity index (χ1) is 31.7. The molecular weight excluding hydrogens is 785 g/mol. The Morgan fingerprint density at radius 3 is 1.03 bits per heavy atom. The SMILES string of the molecule is c1ccc(N(c2ccc(-c3nc4cc(-c5ccc6oc(-c7ccc(N(c8ccccc8)c8ccc9ccccc9c8)cc7)nc6c5)ccc4o3)cc2)c2ccc3ccccc3c2)cc1. The Morgan fingerprint density at radius 2 is 0.609 bits per heavy atom. The normalized spacial score (nSPS) is 11.4. The highest BCUT2D eigenvalue weighted by atomic mass is 16.4. The van der Waals surface area contributed by atoms with E-state index in [1.54, 1.807) is 0 Å². The number of hydrogen-bond donors (Lipinski definition) is 0. The number of hydrogen-bond acceptors (Lipinski definition) is 6. The minimum absolute atomic E-state index is 0.572. The molecule has 0 aliphatic rings. The fourth-order valence-corrected chi connectivity index (χ4v) is 8.65. The first-order valence-corrected chi connectivity index (χ1v) is 21.4. The smallest absolute Gasteiger partial charge is 0.227 e. The highest BCUT2D eigenvalue weighted by Gasteiger charge is 2.18. The third-order valence-electron chi connectivity index (χ3n) is 11.9. The Kier molecular flexibility index (Phi) is 9.05. The number of benzene rings is 10. The van der Waals surface area contributed by atoms with Gasteiger partial charge in [-0.2, -0.15) is 0 Å². The van der Waals surface area contributed by atoms with Gasteiger partial charge in [-0.3, -0.25) is 0 Å². The molecule has 0 aliphatic heterocycles. The summed E-state index contributed by atoms with van der Waals surface area (Å²) >= 11 is 0. The second-order valence-electron chi connectivity index (χ2n) is 15.9. The Labute approximate surface area is 369 Å². The van der Waals surface area contributed by atoms with E-state index in [0.717, 1.165) is 78.6 Å². The summed E-state index contributed by atoms with van der Waals surface area (Å²) in [5.74, 6) is 1.14. The van der Waals surface area contributed by atoms with E-state index in [1.807, 2.05) is 24.3 Å². The highest BCUT2D eigenvalue weighted by Crippen LogP contribution is 2.40. The molecule has 0 spiro atoms. The molecule has 64 heavy (non-hydrogen) atoms. The van der Waals surface area contributed by atoms with Gasteiger partial charge in [0.25, 0.3) is 0 Å². The largest absolute Gasteiger partial charge is 0.436 e. The topological polar surface area (TPSA) is 58.5 Å². The van der Waals surface area contributed by atoms with Crippen molar-refractivity contribution >= 4 is 77.9 Å². The third kappa shape index (κ3) is 6.89. The molecule has 2 aromatic heterocycles. The van der Waals surface area contributed by atoms with Crippen molar-refractivity contribution in [3.8, 4) is 34.0 Å². The van der Waals surface area contributed by atoms with Crippen LogP contribution in [0.15, 0.2) is 239 Å². The zero-order chi connectivity index (χ0) is 42.4. The van der Waals surface area contributed by atoms with Gasteiger partial charge < -0.3 is 18.6 Å². The third-order valence-corrected chi connectivity index (χ3v) is 11.9. The summed E-state index contributed by atoms with van der Waals surface area (Å²) in [6.07, 6.45) is 0. The summed E-state index contributed by atoms with van der Waals surface area (Å²) in [4.78, 5) is 14.4. The van der Waals surface area contributed by atoms with Crippen LogP contribution < -0.4 is 9.80 Å². The number of aromatic nitrogens is 2. The molecule has 0 radical (unpaired) electrons. The van der Waals surface area contributed by atoms with Gasteiger partial charge in [0.05, 0.1) is 0 Å². The van der Waals surface area contributed by atoms with E-state index in [0.29, 0.717) is 11.8 Å². The Bertz CT molecular complexity index is 3380. The summed E-state index contributed by atoms with van der Waals surface area (Å²) < 4.78 is 12.6. The van der Waals surface area contributed by atoms with Crippen LogP contribution >= 0.6 is 0 Å². The number of nitrogens with zero attached hydrogens (tertiary/aromatic N) is 4. The summed E-state index contributed by atoms with van der Waals surface area (Å²) in [6.45, 7) is 0. The highest BCUT2D eigenvalue weighted by molar-refractivity contribution is 5.92. The molecule has 0 saturated carbocycles. The molecule has 6 heteroatoms. The van der Waals surface area contributed by atoms with E-state index in [2.05, 4.69) is 216 Å². The molecule has 0 N–H and O–H groups in total. The van der Waals surface area contributed by atoms with Gasteiger partial charge in [-0.15, -0.1) is 0 Å². The molecule has 0 unspecified atom stereocenters. The van der Waals surface area contributed by atoms with Gasteiger partial charge in [0.2, 0.25) is 11.8 Å². The summed E-state index contributed by atoms with van der Waals surface area (Å²) in [5.41, 5.74) is 13.3. The number of anilines is 6. The van der Waals surface area contributed by atoms with E-state index < -0.39 is 0 Å². The van der Waals surface area contributed by atoms with Crippen molar-refractivity contribution in [2.45, 2.75) is 0 Å². The van der Waals surface area contributed by atoms with Crippen molar-refractivity contribution in [1.29, 1.82) is 0 Å². The second kappa shape index (κ2) is 15.6. The van der Waals surface area contributed by atoms with Crippen molar-refractivity contribution in [2.24, 2.45) is 0 Å². The van der Waals surface area contributed by atoms with E-state index in [9.17, 15) is 0 Å². The summed E-state index contributed by atoms with van der Waals surface area (Å²) in [7, 11) is 0. The summed E-state index contributed by atoms with van der Waals surface area (Å²) in [5, 5.41) is 4.81. The molecular formula is C58H38N4O2. The lowest BCUT2D eigenvalue weighted by molar-refractivity contribution is 0.619. The van der Waals surface area contributed by atoms with Crippen LogP contribution in [0.1, 0.15) is 0 Å². The van der Waals surface area contributed by atoms with Gasteiger partial charge in [-0.25, -0.2) is 9.97 Å². The van der Waals surface area contributed by atoms with Crippen LogP contribution in [0.3, 0.4) is 0 Å². The average molecular weight is 823 g/mol. The zero-order valence-electron chi connectivity index (χ0n) is 34.5. The molecule has 0 aliphatic carbocycles. The molecule has 0 atom stereocenters. The first-order valence-electron chi connectivity index (χ1n) is 21.4. The standard InChI is InChI=1S/C58H38N4O2/c1-3-15-47(16-4-1)61(51-31-19-39-11-7-9-13-43(39)35-51)49-27-21-41(22-28-49)57-59-53-37-45(25-33-55(53)63-57)46-26-34-56-54(38-46)60-58(64-56)42-23-29-50(30-24-42)62(48-17-5-2-6-18-48)52-32-20-40-12-8-10-14-44(40)36-52/h1-38H. The molecule has 6 nitrogen and oxygen atoms in total. The number of para-hydroxylation sites is 2. The minimum atomic E-state index is 0.572. The van der Waals surface area contributed by atoms with Crippen molar-refractivity contribution in [3.63, 3.8) is 0 Å². The van der Waals surface area contributed by atoms with Crippen molar-refractivity contribution < 1.29 is 8.83 Å². The number of fused-ring (bicyclic) bond motifs is 4. The van der Waals surface area contributed by atoms with E-state index >= 15 is 0 Å². The van der Waals surface area contributed by atoms with Gasteiger partial charge in [0.1, 0.15) is 11.0 Å². The van der Waals surface area contributed by atoms with Crippen LogP contribution in [0.2, 0.25) is 0 Å². The maximum absolute atomic E-state index is 6.32. The van der Waals surface area contributed by atoms with E-state index in [4.69, 9.17) is 18.8 Å². The lowest BCUT2D eigenvalue weighted by atomic mass is 10.0. The van der Waals surface area contributed by atoms with Crippen LogP contribution in [0.5, 0.6) is 0 Å². The number of oxazole rings is 2. The van der Waals surface area contributed by atoms with Crippen LogP contribution in [-0.2, 0) is 0 Å². The Hall–Kier alpha value is -8.74. The molecule has 2 heterocycles. The van der Waals surface area contributed by atoms with Gasteiger partial charge in [0, 0.05) is 45.3 Å². The minimum Gasteiger partial charge on any atom is -0.436 e. The van der Waals surface area contributed by atoms with Crippen molar-refractivity contribution in [2.75, 3.05) is 9.80 Å². The molecule has 0 saturated heterocycles. The van der Waals surface area contributed by atoms with E-state index in [1.165, 1.54) is 21.5 Å². The molecule has 12 rings (SSSR count). The maximum atomic E-state index is 6.32. The molecule has 10 aromatic carbocycles. The van der Waals surface area contributed by atoms with Gasteiger partial charge >= 0.3 is 0 Å². The van der Waals surface area contributed by atoms with Gasteiger partial charge in [-0.05, 0) is 154 Å². The fraction of sp³-hybridized carbons (Fsp3) is 0. The fourth-order valence-electron chi connectivity index (χ4n) is 8.65. The molecule has 0 bridgehead atoms. The average Bonchev–Trinajstić information content (AvgIpc) is 4.00. The van der Waals surface area contributed by atoms with Crippen molar-refractivity contribution in [3.05, 3.63) is 231 Å². The predicted molar refractivity (Wildman–Crippen MR) is 262 cm³/mol. The van der Waals surface area contributed by atoms with Gasteiger partial charge in [-0.1, -0.05) is 109 Å². The van der Waals surface area contributed by atoms with Gasteiger partial charge in [0.15, 0.2) is 11.2 Å². The molecule has 0 fully saturated rings. The molecule has 0 amide bonds. The summed E-state index contributed by atoms with van der Waals surface area (Å²) in [6, 6.07) is 80.0.